The van der Waals surface area contributed by atoms with Crippen LogP contribution < -0.4 is 15.2 Å². The zero-order chi connectivity index (χ0) is 23.8. The minimum Gasteiger partial charge on any atom is -0.493 e. The van der Waals surface area contributed by atoms with Crippen molar-refractivity contribution >= 4 is 19.7 Å². The first kappa shape index (κ1) is 23.3. The summed E-state index contributed by atoms with van der Waals surface area (Å²) < 4.78 is 64.7. The van der Waals surface area contributed by atoms with Crippen LogP contribution in [0.5, 0.6) is 11.5 Å². The molecule has 2 N–H and O–H groups in total. The van der Waals surface area contributed by atoms with Gasteiger partial charge in [0.05, 0.1) is 29.3 Å². The maximum atomic E-state index is 13.7. The van der Waals surface area contributed by atoms with E-state index in [1.54, 1.807) is 49.6 Å². The molecule has 174 valence electrons. The van der Waals surface area contributed by atoms with Crippen LogP contribution in [0.1, 0.15) is 21.9 Å². The summed E-state index contributed by atoms with van der Waals surface area (Å²) in [7, 11) is -4.88. The van der Waals surface area contributed by atoms with Crippen LogP contribution in [0.25, 0.3) is 0 Å². The van der Waals surface area contributed by atoms with Gasteiger partial charge in [-0.25, -0.2) is 16.8 Å². The lowest BCUT2D eigenvalue weighted by atomic mass is 9.96. The smallest absolute Gasteiger partial charge is 0.186 e. The first-order chi connectivity index (χ1) is 15.7. The molecular formula is C24H25NO6S2. The van der Waals surface area contributed by atoms with Crippen LogP contribution in [0.15, 0.2) is 76.5 Å². The molecule has 0 saturated heterocycles. The van der Waals surface area contributed by atoms with Crippen LogP contribution >= 0.6 is 0 Å². The van der Waals surface area contributed by atoms with Gasteiger partial charge in [0.15, 0.2) is 31.2 Å². The Bertz CT molecular complexity index is 1390. The molecule has 4 rings (SSSR count). The van der Waals surface area contributed by atoms with Crippen molar-refractivity contribution in [2.75, 3.05) is 20.8 Å². The van der Waals surface area contributed by atoms with Crippen LogP contribution in [0.4, 0.5) is 0 Å². The minimum atomic E-state index is -4.03. The minimum absolute atomic E-state index is 0.0282. The van der Waals surface area contributed by atoms with E-state index in [9.17, 15) is 16.8 Å². The fourth-order valence-corrected chi connectivity index (χ4v) is 9.15. The second-order valence-corrected chi connectivity index (χ2v) is 12.0. The molecule has 0 radical (unpaired) electrons. The lowest BCUT2D eigenvalue weighted by Gasteiger charge is -2.20. The standard InChI is InChI=1S/C24H25NO6S2/c1-30-19-12-11-16(14-20(19)31-2)13-17-7-6-10-21-23(17)24(22(15-25)33(21,28)29)32(26,27)18-8-4-3-5-9-18/h3-12,14,22,24H,13,15,25H2,1-2H3. The number of benzene rings is 3. The molecule has 1 aliphatic heterocycles. The molecule has 9 heteroatoms. The molecule has 0 saturated carbocycles. The normalized spacial score (nSPS) is 19.1. The fourth-order valence-electron chi connectivity index (χ4n) is 4.40. The van der Waals surface area contributed by atoms with E-state index in [0.717, 1.165) is 5.56 Å². The second-order valence-electron chi connectivity index (χ2n) is 7.79. The van der Waals surface area contributed by atoms with Gasteiger partial charge in [0.25, 0.3) is 0 Å². The van der Waals surface area contributed by atoms with Crippen LogP contribution in [0, 0.1) is 0 Å². The number of ether oxygens (including phenoxy) is 2. The number of hydrogen-bond acceptors (Lipinski definition) is 7. The average Bonchev–Trinajstić information content (AvgIpc) is 3.07. The molecule has 0 spiro atoms. The van der Waals surface area contributed by atoms with Gasteiger partial charge in [-0.2, -0.15) is 0 Å². The monoisotopic (exact) mass is 487 g/mol. The van der Waals surface area contributed by atoms with Crippen LogP contribution in [-0.4, -0.2) is 42.8 Å². The van der Waals surface area contributed by atoms with Crippen molar-refractivity contribution in [1.29, 1.82) is 0 Å². The van der Waals surface area contributed by atoms with Crippen molar-refractivity contribution in [3.63, 3.8) is 0 Å². The van der Waals surface area contributed by atoms with E-state index >= 15 is 0 Å². The molecule has 0 bridgehead atoms. The summed E-state index contributed by atoms with van der Waals surface area (Å²) in [4.78, 5) is 0.0952. The number of hydrogen-bond donors (Lipinski definition) is 1. The second kappa shape index (κ2) is 8.81. The third-order valence-electron chi connectivity index (χ3n) is 5.96. The van der Waals surface area contributed by atoms with Gasteiger partial charge in [-0.3, -0.25) is 0 Å². The van der Waals surface area contributed by atoms with E-state index in [-0.39, 0.29) is 16.3 Å². The highest BCUT2D eigenvalue weighted by atomic mass is 32.2. The molecule has 2 unspecified atom stereocenters. The number of sulfone groups is 2. The maximum Gasteiger partial charge on any atom is 0.186 e. The predicted octanol–water partition coefficient (Wildman–Crippen LogP) is 2.92. The van der Waals surface area contributed by atoms with Crippen molar-refractivity contribution < 1.29 is 26.3 Å². The van der Waals surface area contributed by atoms with Gasteiger partial charge in [-0.05, 0) is 53.4 Å². The average molecular weight is 488 g/mol. The van der Waals surface area contributed by atoms with E-state index in [2.05, 4.69) is 0 Å². The molecule has 1 aliphatic rings. The topological polar surface area (TPSA) is 113 Å². The molecule has 2 atom stereocenters. The van der Waals surface area contributed by atoms with Crippen molar-refractivity contribution in [3.8, 4) is 11.5 Å². The van der Waals surface area contributed by atoms with Gasteiger partial charge in [-0.1, -0.05) is 36.4 Å². The number of rotatable bonds is 7. The first-order valence-corrected chi connectivity index (χ1v) is 13.4. The van der Waals surface area contributed by atoms with E-state index in [0.29, 0.717) is 29.0 Å². The van der Waals surface area contributed by atoms with Crippen molar-refractivity contribution in [2.24, 2.45) is 5.73 Å². The highest BCUT2D eigenvalue weighted by Gasteiger charge is 2.51. The molecular weight excluding hydrogens is 462 g/mol. The van der Waals surface area contributed by atoms with E-state index in [1.807, 2.05) is 6.07 Å². The molecule has 0 aliphatic carbocycles. The van der Waals surface area contributed by atoms with Crippen LogP contribution in [0.2, 0.25) is 0 Å². The largest absolute Gasteiger partial charge is 0.493 e. The summed E-state index contributed by atoms with van der Waals surface area (Å²) in [5, 5.41) is -2.55. The maximum absolute atomic E-state index is 13.7. The molecule has 3 aromatic rings. The lowest BCUT2D eigenvalue weighted by Crippen LogP contribution is -2.34. The molecule has 0 amide bonds. The van der Waals surface area contributed by atoms with Crippen LogP contribution in [-0.2, 0) is 26.1 Å². The number of nitrogens with two attached hydrogens (primary N) is 1. The zero-order valence-electron chi connectivity index (χ0n) is 18.3. The van der Waals surface area contributed by atoms with E-state index in [4.69, 9.17) is 15.2 Å². The highest BCUT2D eigenvalue weighted by Crippen LogP contribution is 2.47. The summed E-state index contributed by atoms with van der Waals surface area (Å²) in [5.41, 5.74) is 7.59. The summed E-state index contributed by atoms with van der Waals surface area (Å²) in [6, 6.07) is 18.1. The highest BCUT2D eigenvalue weighted by molar-refractivity contribution is 7.96. The Labute approximate surface area is 194 Å². The Morgan fingerprint density at radius 2 is 1.61 bits per heavy atom. The zero-order valence-corrected chi connectivity index (χ0v) is 19.9. The summed E-state index contributed by atoms with van der Waals surface area (Å²) in [6.07, 6.45) is 0.317. The van der Waals surface area contributed by atoms with E-state index in [1.165, 1.54) is 25.3 Å². The first-order valence-electron chi connectivity index (χ1n) is 10.3. The molecule has 1 heterocycles. The third-order valence-corrected chi connectivity index (χ3v) is 10.5. The lowest BCUT2D eigenvalue weighted by molar-refractivity contribution is 0.354. The summed E-state index contributed by atoms with van der Waals surface area (Å²) in [5.74, 6) is 1.10. The van der Waals surface area contributed by atoms with Gasteiger partial charge in [0, 0.05) is 6.54 Å². The number of methoxy groups -OCH3 is 2. The molecule has 0 fully saturated rings. The Kier molecular flexibility index (Phi) is 6.22. The molecule has 7 nitrogen and oxygen atoms in total. The fraction of sp³-hybridized carbons (Fsp3) is 0.250. The Morgan fingerprint density at radius 3 is 2.24 bits per heavy atom. The SMILES string of the molecule is COc1ccc(Cc2cccc3c2C(S(=O)(=O)c2ccccc2)C(CN)S3(=O)=O)cc1OC. The third kappa shape index (κ3) is 3.90. The van der Waals surface area contributed by atoms with Crippen molar-refractivity contribution in [3.05, 3.63) is 83.4 Å². The quantitative estimate of drug-likeness (QED) is 0.545. The van der Waals surface area contributed by atoms with Gasteiger partial charge in [0.2, 0.25) is 0 Å². The van der Waals surface area contributed by atoms with Crippen LogP contribution in [0.3, 0.4) is 0 Å². The van der Waals surface area contributed by atoms with E-state index < -0.39 is 30.2 Å². The molecule has 3 aromatic carbocycles. The van der Waals surface area contributed by atoms with Crippen molar-refractivity contribution in [1.82, 2.24) is 0 Å². The Hall–Kier alpha value is -2.88. The Morgan fingerprint density at radius 1 is 0.909 bits per heavy atom. The summed E-state index contributed by atoms with van der Waals surface area (Å²) in [6.45, 7) is -0.302. The van der Waals surface area contributed by atoms with Crippen molar-refractivity contribution in [2.45, 2.75) is 26.7 Å². The molecule has 0 aromatic heterocycles. The van der Waals surface area contributed by atoms with Gasteiger partial charge in [-0.15, -0.1) is 0 Å². The van der Waals surface area contributed by atoms with Gasteiger partial charge >= 0.3 is 0 Å². The predicted molar refractivity (Wildman–Crippen MR) is 125 cm³/mol. The molecule has 33 heavy (non-hydrogen) atoms. The summed E-state index contributed by atoms with van der Waals surface area (Å²) >= 11 is 0. The van der Waals surface area contributed by atoms with Gasteiger partial charge < -0.3 is 15.2 Å². The van der Waals surface area contributed by atoms with Gasteiger partial charge in [0.1, 0.15) is 5.25 Å². The number of fused-ring (bicyclic) bond motifs is 1. The Balaban J connectivity index is 1.89.